The van der Waals surface area contributed by atoms with Crippen molar-refractivity contribution in [3.8, 4) is 5.95 Å². The molecular weight excluding hydrogens is 246 g/mol. The molecule has 0 amide bonds. The fourth-order valence-corrected chi connectivity index (χ4v) is 1.58. The third kappa shape index (κ3) is 2.94. The van der Waals surface area contributed by atoms with E-state index in [1.165, 1.54) is 0 Å². The molecule has 2 N–H and O–H groups in total. The molecule has 0 saturated heterocycles. The van der Waals surface area contributed by atoms with E-state index in [9.17, 15) is 4.79 Å². The molecule has 0 aromatic carbocycles. The van der Waals surface area contributed by atoms with Crippen LogP contribution in [0.15, 0.2) is 24.8 Å². The Balaban J connectivity index is 2.34. The highest BCUT2D eigenvalue weighted by Gasteiger charge is 2.20. The maximum atomic E-state index is 11.6. The first-order chi connectivity index (χ1) is 9.11. The number of rotatable bonds is 4. The Hall–Kier alpha value is -2.28. The molecule has 2 heterocycles. The molecule has 0 spiro atoms. The van der Waals surface area contributed by atoms with Crippen molar-refractivity contribution in [1.29, 1.82) is 0 Å². The molecule has 100 valence electrons. The highest BCUT2D eigenvalue weighted by molar-refractivity contribution is 5.76. The SMILES string of the molecule is CCOC(=O)C(N)c1cc(C)nc(-n2ccnc2)n1. The number of imidazole rings is 1. The largest absolute Gasteiger partial charge is 0.465 e. The number of hydrogen-bond donors (Lipinski definition) is 1. The van der Waals surface area contributed by atoms with Gasteiger partial charge < -0.3 is 10.5 Å². The number of aromatic nitrogens is 4. The maximum Gasteiger partial charge on any atom is 0.329 e. The number of esters is 1. The van der Waals surface area contributed by atoms with Crippen LogP contribution in [0.5, 0.6) is 0 Å². The fraction of sp³-hybridized carbons (Fsp3) is 0.333. The minimum atomic E-state index is -0.913. The summed E-state index contributed by atoms with van der Waals surface area (Å²) in [4.78, 5) is 24.1. The number of carbonyl (C=O) groups is 1. The van der Waals surface area contributed by atoms with E-state index in [-0.39, 0.29) is 6.61 Å². The van der Waals surface area contributed by atoms with Gasteiger partial charge in [0.25, 0.3) is 0 Å². The Labute approximate surface area is 110 Å². The molecule has 0 bridgehead atoms. The van der Waals surface area contributed by atoms with Crippen LogP contribution >= 0.6 is 0 Å². The van der Waals surface area contributed by atoms with Gasteiger partial charge in [-0.2, -0.15) is 0 Å². The van der Waals surface area contributed by atoms with Crippen LogP contribution in [0.2, 0.25) is 0 Å². The second-order valence-electron chi connectivity index (χ2n) is 3.93. The lowest BCUT2D eigenvalue weighted by atomic mass is 10.2. The fourth-order valence-electron chi connectivity index (χ4n) is 1.58. The number of nitrogens with zero attached hydrogens (tertiary/aromatic N) is 4. The van der Waals surface area contributed by atoms with E-state index in [0.717, 1.165) is 0 Å². The van der Waals surface area contributed by atoms with Crippen LogP contribution in [0.3, 0.4) is 0 Å². The van der Waals surface area contributed by atoms with Crippen molar-refractivity contribution in [2.75, 3.05) is 6.61 Å². The summed E-state index contributed by atoms with van der Waals surface area (Å²) in [6.07, 6.45) is 4.92. The Morgan fingerprint density at radius 2 is 2.32 bits per heavy atom. The van der Waals surface area contributed by atoms with E-state index in [2.05, 4.69) is 15.0 Å². The second kappa shape index (κ2) is 5.57. The van der Waals surface area contributed by atoms with Crippen LogP contribution in [0.4, 0.5) is 0 Å². The van der Waals surface area contributed by atoms with Crippen LogP contribution in [-0.4, -0.2) is 32.1 Å². The number of carbonyl (C=O) groups excluding carboxylic acids is 1. The van der Waals surface area contributed by atoms with E-state index in [0.29, 0.717) is 17.3 Å². The average Bonchev–Trinajstić information content (AvgIpc) is 2.91. The van der Waals surface area contributed by atoms with E-state index in [1.54, 1.807) is 36.3 Å². The standard InChI is InChI=1S/C12H15N5O2/c1-3-19-11(18)10(13)9-6-8(2)15-12(16-9)17-5-4-14-7-17/h4-7,10H,3,13H2,1-2H3. The number of ether oxygens (including phenoxy) is 1. The van der Waals surface area contributed by atoms with Gasteiger partial charge in [0.05, 0.1) is 12.3 Å². The quantitative estimate of drug-likeness (QED) is 0.807. The molecule has 0 aliphatic carbocycles. The molecule has 0 fully saturated rings. The Morgan fingerprint density at radius 3 is 2.95 bits per heavy atom. The van der Waals surface area contributed by atoms with Gasteiger partial charge in [0, 0.05) is 18.1 Å². The molecule has 2 rings (SSSR count). The molecule has 7 nitrogen and oxygen atoms in total. The minimum Gasteiger partial charge on any atom is -0.465 e. The predicted molar refractivity (Wildman–Crippen MR) is 67.5 cm³/mol. The number of hydrogen-bond acceptors (Lipinski definition) is 6. The molecule has 0 aliphatic heterocycles. The summed E-state index contributed by atoms with van der Waals surface area (Å²) in [6, 6.07) is 0.756. The Bertz CT molecular complexity index is 568. The lowest BCUT2D eigenvalue weighted by Crippen LogP contribution is -2.25. The highest BCUT2D eigenvalue weighted by Crippen LogP contribution is 2.12. The van der Waals surface area contributed by atoms with E-state index >= 15 is 0 Å². The monoisotopic (exact) mass is 261 g/mol. The van der Waals surface area contributed by atoms with Crippen molar-refractivity contribution in [3.63, 3.8) is 0 Å². The average molecular weight is 261 g/mol. The van der Waals surface area contributed by atoms with Crippen LogP contribution < -0.4 is 5.73 Å². The van der Waals surface area contributed by atoms with Gasteiger partial charge in [0.1, 0.15) is 12.4 Å². The zero-order valence-corrected chi connectivity index (χ0v) is 10.8. The molecule has 1 unspecified atom stereocenters. The van der Waals surface area contributed by atoms with Crippen molar-refractivity contribution in [2.24, 2.45) is 5.73 Å². The normalized spacial score (nSPS) is 12.2. The molecule has 19 heavy (non-hydrogen) atoms. The third-order valence-electron chi connectivity index (χ3n) is 2.46. The summed E-state index contributed by atoms with van der Waals surface area (Å²) in [5.41, 5.74) is 6.97. The summed E-state index contributed by atoms with van der Waals surface area (Å²) in [5, 5.41) is 0. The topological polar surface area (TPSA) is 95.9 Å². The highest BCUT2D eigenvalue weighted by atomic mass is 16.5. The number of nitrogens with two attached hydrogens (primary N) is 1. The summed E-state index contributed by atoms with van der Waals surface area (Å²) in [5.74, 6) is -0.0792. The zero-order valence-electron chi connectivity index (χ0n) is 10.8. The lowest BCUT2D eigenvalue weighted by Gasteiger charge is -2.12. The first-order valence-electron chi connectivity index (χ1n) is 5.88. The smallest absolute Gasteiger partial charge is 0.329 e. The Kier molecular flexibility index (Phi) is 3.86. The van der Waals surface area contributed by atoms with Gasteiger partial charge in [-0.3, -0.25) is 4.57 Å². The minimum absolute atomic E-state index is 0.283. The second-order valence-corrected chi connectivity index (χ2v) is 3.93. The molecule has 0 aliphatic rings. The van der Waals surface area contributed by atoms with E-state index < -0.39 is 12.0 Å². The van der Waals surface area contributed by atoms with Crippen LogP contribution in [0, 0.1) is 6.92 Å². The van der Waals surface area contributed by atoms with Crippen molar-refractivity contribution in [3.05, 3.63) is 36.2 Å². The molecule has 1 atom stereocenters. The molecule has 2 aromatic heterocycles. The lowest BCUT2D eigenvalue weighted by molar-refractivity contribution is -0.144. The van der Waals surface area contributed by atoms with Gasteiger partial charge >= 0.3 is 5.97 Å². The van der Waals surface area contributed by atoms with Gasteiger partial charge in [-0.1, -0.05) is 0 Å². The van der Waals surface area contributed by atoms with Gasteiger partial charge in [0.2, 0.25) is 5.95 Å². The van der Waals surface area contributed by atoms with E-state index in [4.69, 9.17) is 10.5 Å². The molecular formula is C12H15N5O2. The number of aryl methyl sites for hydroxylation is 1. The molecule has 0 saturated carbocycles. The summed E-state index contributed by atoms with van der Waals surface area (Å²) >= 11 is 0. The summed E-state index contributed by atoms with van der Waals surface area (Å²) < 4.78 is 6.53. The third-order valence-corrected chi connectivity index (χ3v) is 2.46. The van der Waals surface area contributed by atoms with Crippen LogP contribution in [0.25, 0.3) is 5.95 Å². The molecule has 0 radical (unpaired) electrons. The first-order valence-corrected chi connectivity index (χ1v) is 5.88. The molecule has 7 heteroatoms. The Morgan fingerprint density at radius 1 is 1.53 bits per heavy atom. The summed E-state index contributed by atoms with van der Waals surface area (Å²) in [7, 11) is 0. The predicted octanol–water partition coefficient (Wildman–Crippen LogP) is 0.534. The molecule has 2 aromatic rings. The zero-order chi connectivity index (χ0) is 13.8. The van der Waals surface area contributed by atoms with Crippen molar-refractivity contribution in [2.45, 2.75) is 19.9 Å². The van der Waals surface area contributed by atoms with Gasteiger partial charge in [-0.25, -0.2) is 19.7 Å². The maximum absolute atomic E-state index is 11.6. The van der Waals surface area contributed by atoms with Crippen molar-refractivity contribution >= 4 is 5.97 Å². The van der Waals surface area contributed by atoms with Gasteiger partial charge in [-0.05, 0) is 19.9 Å². The van der Waals surface area contributed by atoms with Crippen LogP contribution in [-0.2, 0) is 9.53 Å². The van der Waals surface area contributed by atoms with Crippen molar-refractivity contribution < 1.29 is 9.53 Å². The van der Waals surface area contributed by atoms with Crippen LogP contribution in [0.1, 0.15) is 24.4 Å². The summed E-state index contributed by atoms with van der Waals surface area (Å²) in [6.45, 7) is 3.82. The van der Waals surface area contributed by atoms with E-state index in [1.807, 2.05) is 6.92 Å². The first kappa shape index (κ1) is 13.2. The van der Waals surface area contributed by atoms with Gasteiger partial charge in [-0.15, -0.1) is 0 Å². The van der Waals surface area contributed by atoms with Gasteiger partial charge in [0.15, 0.2) is 0 Å². The van der Waals surface area contributed by atoms with Crippen molar-refractivity contribution in [1.82, 2.24) is 19.5 Å².